The van der Waals surface area contributed by atoms with Crippen molar-refractivity contribution in [3.8, 4) is 0 Å². The van der Waals surface area contributed by atoms with Crippen molar-refractivity contribution >= 4 is 22.6 Å². The fourth-order valence-electron chi connectivity index (χ4n) is 3.54. The molecular weight excluding hydrogens is 505 g/mol. The third-order valence-electron chi connectivity index (χ3n) is 7.89. The first-order valence-corrected chi connectivity index (χ1v) is 19.8. The summed E-state index contributed by atoms with van der Waals surface area (Å²) in [4.78, 5) is 10.7. The third kappa shape index (κ3) is 13.5. The molecule has 0 aromatic rings. The summed E-state index contributed by atoms with van der Waals surface area (Å²) in [6.45, 7) is 33.5. The summed E-state index contributed by atoms with van der Waals surface area (Å²) < 4.78 is 13.7. The number of hydrogen-bond donors (Lipinski definition) is 1. The van der Waals surface area contributed by atoms with Gasteiger partial charge in [-0.1, -0.05) is 102 Å². The maximum absolute atomic E-state index is 10.7. The van der Waals surface area contributed by atoms with Gasteiger partial charge in [0, 0.05) is 12.2 Å². The first-order valence-electron chi connectivity index (χ1n) is 14.0. The lowest BCUT2D eigenvalue weighted by Crippen LogP contribution is -2.46. The van der Waals surface area contributed by atoms with E-state index in [1.54, 1.807) is 6.08 Å². The second-order valence-corrected chi connectivity index (χ2v) is 23.5. The number of carboxylic acids is 1. The van der Waals surface area contributed by atoms with Crippen LogP contribution in [0.2, 0.25) is 36.3 Å². The number of hydrogen-bond acceptors (Lipinski definition) is 3. The highest BCUT2D eigenvalue weighted by molar-refractivity contribution is 6.74. The van der Waals surface area contributed by atoms with Crippen LogP contribution < -0.4 is 0 Å². The second kappa shape index (κ2) is 14.8. The van der Waals surface area contributed by atoms with Gasteiger partial charge in [0.2, 0.25) is 0 Å². The Morgan fingerprint density at radius 1 is 0.789 bits per heavy atom. The monoisotopic (exact) mass is 562 g/mol. The highest BCUT2D eigenvalue weighted by Gasteiger charge is 2.41. The topological polar surface area (TPSA) is 55.8 Å². The number of allylic oxidation sites excluding steroid dienone is 8. The average Bonchev–Trinajstić information content (AvgIpc) is 2.69. The molecule has 6 heteroatoms. The molecule has 0 saturated carbocycles. The molecule has 218 valence electrons. The Labute approximate surface area is 237 Å². The number of carbonyl (C=O) groups is 1. The molecule has 0 aromatic heterocycles. The van der Waals surface area contributed by atoms with E-state index in [-0.39, 0.29) is 22.3 Å². The Bertz CT molecular complexity index is 922. The Kier molecular flexibility index (Phi) is 14.2. The van der Waals surface area contributed by atoms with E-state index in [0.29, 0.717) is 5.92 Å². The summed E-state index contributed by atoms with van der Waals surface area (Å²) in [6.07, 6.45) is 14.4. The fraction of sp³-hybridized carbons (Fsp3) is 0.656. The van der Waals surface area contributed by atoms with Gasteiger partial charge >= 0.3 is 5.97 Å². The minimum absolute atomic E-state index is 0.0133. The van der Waals surface area contributed by atoms with Gasteiger partial charge in [-0.05, 0) is 76.3 Å². The lowest BCUT2D eigenvalue weighted by molar-refractivity contribution is -0.131. The highest BCUT2D eigenvalue weighted by Crippen LogP contribution is 2.40. The van der Waals surface area contributed by atoms with Gasteiger partial charge in [-0.2, -0.15) is 0 Å². The second-order valence-electron chi connectivity index (χ2n) is 14.0. The smallest absolute Gasteiger partial charge is 0.328 e. The van der Waals surface area contributed by atoms with Crippen LogP contribution in [0.15, 0.2) is 59.3 Å². The summed E-state index contributed by atoms with van der Waals surface area (Å²) in [5, 5.41) is 9.11. The molecule has 0 spiro atoms. The predicted molar refractivity (Wildman–Crippen MR) is 171 cm³/mol. The predicted octanol–water partition coefficient (Wildman–Crippen LogP) is 9.85. The van der Waals surface area contributed by atoms with Crippen LogP contribution in [0.1, 0.15) is 82.6 Å². The summed E-state index contributed by atoms with van der Waals surface area (Å²) in [6, 6.07) is 0. The van der Waals surface area contributed by atoms with Gasteiger partial charge in [0.15, 0.2) is 16.6 Å². The van der Waals surface area contributed by atoms with Crippen LogP contribution in [0.4, 0.5) is 0 Å². The van der Waals surface area contributed by atoms with Crippen molar-refractivity contribution in [1.29, 1.82) is 0 Å². The highest BCUT2D eigenvalue weighted by atomic mass is 28.4. The zero-order valence-electron chi connectivity index (χ0n) is 27.2. The number of rotatable bonds is 13. The molecule has 0 amide bonds. The van der Waals surface area contributed by atoms with Crippen molar-refractivity contribution in [1.82, 2.24) is 0 Å². The van der Waals surface area contributed by atoms with Crippen LogP contribution >= 0.6 is 0 Å². The zero-order chi connectivity index (χ0) is 30.1. The molecule has 0 aliphatic heterocycles. The molecule has 3 atom stereocenters. The molecule has 0 aliphatic carbocycles. The first kappa shape index (κ1) is 36.5. The molecule has 0 rings (SSSR count). The molecule has 4 nitrogen and oxygen atoms in total. The van der Waals surface area contributed by atoms with Crippen molar-refractivity contribution in [2.75, 3.05) is 0 Å². The minimum atomic E-state index is -1.98. The van der Waals surface area contributed by atoms with Gasteiger partial charge in [0.25, 0.3) is 0 Å². The van der Waals surface area contributed by atoms with Crippen molar-refractivity contribution in [2.45, 2.75) is 131 Å². The van der Waals surface area contributed by atoms with Crippen LogP contribution in [0.25, 0.3) is 0 Å². The summed E-state index contributed by atoms with van der Waals surface area (Å²) in [7, 11) is -3.81. The number of aliphatic carboxylic acids is 1. The maximum Gasteiger partial charge on any atom is 0.328 e. The van der Waals surface area contributed by atoms with Crippen LogP contribution in [0.5, 0.6) is 0 Å². The normalized spacial score (nSPS) is 17.8. The fourth-order valence-corrected chi connectivity index (χ4v) is 6.33. The third-order valence-corrected chi connectivity index (χ3v) is 17.0. The van der Waals surface area contributed by atoms with Crippen LogP contribution in [-0.2, 0) is 13.6 Å². The van der Waals surface area contributed by atoms with Crippen LogP contribution in [0, 0.1) is 5.92 Å². The maximum atomic E-state index is 10.7. The van der Waals surface area contributed by atoms with Gasteiger partial charge in [0.1, 0.15) is 0 Å². The SMILES string of the molecule is CC(=C\C=C\C(C)=C\[C@@H](O[Si](C)(C)C(C)(C)C)[C@H](C)C[C@@H](C)O[Si](C)(C)C(C)(C)C)/C=C(C)/C=C/C(=O)O. The lowest BCUT2D eigenvalue weighted by atomic mass is 9.96. The van der Waals surface area contributed by atoms with Crippen LogP contribution in [-0.4, -0.2) is 39.9 Å². The molecule has 38 heavy (non-hydrogen) atoms. The van der Waals surface area contributed by atoms with E-state index in [1.165, 1.54) is 0 Å². The van der Waals surface area contributed by atoms with E-state index < -0.39 is 22.6 Å². The quantitative estimate of drug-likeness (QED) is 0.138. The average molecular weight is 563 g/mol. The molecule has 0 unspecified atom stereocenters. The molecule has 0 saturated heterocycles. The molecule has 0 fully saturated rings. The van der Waals surface area contributed by atoms with Crippen molar-refractivity contribution in [3.05, 3.63) is 59.3 Å². The number of carboxylic acid groups (broad SMARTS) is 1. The Morgan fingerprint density at radius 2 is 1.29 bits per heavy atom. The van der Waals surface area contributed by atoms with Crippen molar-refractivity contribution in [3.63, 3.8) is 0 Å². The van der Waals surface area contributed by atoms with E-state index in [2.05, 4.69) is 101 Å². The molecule has 0 heterocycles. The van der Waals surface area contributed by atoms with Gasteiger partial charge in [-0.15, -0.1) is 0 Å². The van der Waals surface area contributed by atoms with Gasteiger partial charge in [0.05, 0.1) is 6.10 Å². The molecule has 0 aromatic carbocycles. The molecular formula is C32H58O4Si2. The summed E-state index contributed by atoms with van der Waals surface area (Å²) in [5.74, 6) is -0.624. The van der Waals surface area contributed by atoms with Gasteiger partial charge < -0.3 is 14.0 Å². The van der Waals surface area contributed by atoms with E-state index >= 15 is 0 Å². The van der Waals surface area contributed by atoms with Gasteiger partial charge in [-0.25, -0.2) is 4.79 Å². The minimum Gasteiger partial charge on any atom is -0.478 e. The molecule has 0 aliphatic rings. The Morgan fingerprint density at radius 3 is 1.76 bits per heavy atom. The van der Waals surface area contributed by atoms with E-state index in [0.717, 1.165) is 29.2 Å². The Balaban J connectivity index is 5.85. The summed E-state index contributed by atoms with van der Waals surface area (Å²) in [5.41, 5.74) is 3.11. The van der Waals surface area contributed by atoms with Gasteiger partial charge in [-0.3, -0.25) is 0 Å². The lowest BCUT2D eigenvalue weighted by Gasteiger charge is -2.42. The van der Waals surface area contributed by atoms with E-state index in [4.69, 9.17) is 14.0 Å². The van der Waals surface area contributed by atoms with Crippen molar-refractivity contribution in [2.24, 2.45) is 5.92 Å². The standard InChI is InChI=1S/C32H58O4Si2/c1-24(21-26(3)19-20-30(33)34)17-16-18-25(2)22-29(36-38(14,15)32(9,10)11)27(4)23-28(5)35-37(12,13)31(6,7)8/h16-22,27-29H,23H2,1-15H3,(H,33,34)/b18-16+,20-19+,24-17+,25-22+,26-21+/t27-,28-,29-/m1/s1. The first-order chi connectivity index (χ1) is 17.0. The van der Waals surface area contributed by atoms with E-state index in [1.807, 2.05) is 32.1 Å². The largest absolute Gasteiger partial charge is 0.478 e. The molecule has 0 bridgehead atoms. The Hall–Kier alpha value is -1.48. The molecule has 0 radical (unpaired) electrons. The van der Waals surface area contributed by atoms with Crippen LogP contribution in [0.3, 0.4) is 0 Å². The summed E-state index contributed by atoms with van der Waals surface area (Å²) >= 11 is 0. The molecule has 1 N–H and O–H groups in total. The van der Waals surface area contributed by atoms with Crippen molar-refractivity contribution < 1.29 is 18.8 Å². The zero-order valence-corrected chi connectivity index (χ0v) is 29.2. The van der Waals surface area contributed by atoms with E-state index in [9.17, 15) is 4.79 Å².